The molecular weight excluding hydrogens is 152 g/mol. The van der Waals surface area contributed by atoms with Crippen molar-refractivity contribution in [2.45, 2.75) is 38.7 Å². The summed E-state index contributed by atoms with van der Waals surface area (Å²) in [4.78, 5) is 11.7. The molecule has 0 radical (unpaired) electrons. The van der Waals surface area contributed by atoms with Gasteiger partial charge in [0.1, 0.15) is 5.60 Å². The molecule has 2 nitrogen and oxygen atoms in total. The second-order valence-electron chi connectivity index (χ2n) is 4.56. The Morgan fingerprint density at radius 3 is 2.58 bits per heavy atom. The van der Waals surface area contributed by atoms with Gasteiger partial charge in [-0.3, -0.25) is 4.79 Å². The van der Waals surface area contributed by atoms with E-state index in [-0.39, 0.29) is 5.92 Å². The van der Waals surface area contributed by atoms with Gasteiger partial charge in [0.15, 0.2) is 5.78 Å². The first-order valence-corrected chi connectivity index (χ1v) is 4.78. The van der Waals surface area contributed by atoms with Crippen LogP contribution in [-0.4, -0.2) is 18.0 Å². The lowest BCUT2D eigenvalue weighted by Crippen LogP contribution is -2.30. The van der Waals surface area contributed by atoms with E-state index in [9.17, 15) is 4.79 Å². The normalized spacial score (nSPS) is 34.2. The SMILES string of the molecule is CC1(C)OCC(CC2CC2)C1=O. The van der Waals surface area contributed by atoms with E-state index < -0.39 is 5.60 Å². The van der Waals surface area contributed by atoms with Gasteiger partial charge in [-0.05, 0) is 26.2 Å². The molecule has 0 N–H and O–H groups in total. The maximum atomic E-state index is 11.7. The van der Waals surface area contributed by atoms with E-state index in [1.807, 2.05) is 13.8 Å². The van der Waals surface area contributed by atoms with Crippen molar-refractivity contribution in [2.75, 3.05) is 6.61 Å². The van der Waals surface area contributed by atoms with Gasteiger partial charge in [0.2, 0.25) is 0 Å². The molecule has 0 bridgehead atoms. The Hall–Kier alpha value is -0.370. The Morgan fingerprint density at radius 1 is 1.50 bits per heavy atom. The number of ketones is 1. The second-order valence-corrected chi connectivity index (χ2v) is 4.56. The third-order valence-electron chi connectivity index (χ3n) is 2.92. The number of ether oxygens (including phenoxy) is 1. The van der Waals surface area contributed by atoms with Crippen LogP contribution >= 0.6 is 0 Å². The molecule has 1 aliphatic carbocycles. The van der Waals surface area contributed by atoms with E-state index in [4.69, 9.17) is 4.74 Å². The first kappa shape index (κ1) is 8.24. The molecule has 1 aliphatic heterocycles. The molecule has 1 unspecified atom stereocenters. The summed E-state index contributed by atoms with van der Waals surface area (Å²) in [5.74, 6) is 1.35. The molecule has 1 saturated carbocycles. The number of rotatable bonds is 2. The van der Waals surface area contributed by atoms with E-state index in [0.717, 1.165) is 12.3 Å². The van der Waals surface area contributed by atoms with Crippen LogP contribution in [0.5, 0.6) is 0 Å². The van der Waals surface area contributed by atoms with Crippen LogP contribution < -0.4 is 0 Å². The topological polar surface area (TPSA) is 26.3 Å². The van der Waals surface area contributed by atoms with Crippen LogP contribution in [-0.2, 0) is 9.53 Å². The summed E-state index contributed by atoms with van der Waals surface area (Å²) < 4.78 is 5.44. The fraction of sp³-hybridized carbons (Fsp3) is 0.900. The Balaban J connectivity index is 1.96. The van der Waals surface area contributed by atoms with Crippen LogP contribution in [0.4, 0.5) is 0 Å². The van der Waals surface area contributed by atoms with Crippen LogP contribution in [0.15, 0.2) is 0 Å². The highest BCUT2D eigenvalue weighted by molar-refractivity contribution is 5.90. The highest BCUT2D eigenvalue weighted by atomic mass is 16.5. The fourth-order valence-electron chi connectivity index (χ4n) is 1.88. The molecule has 1 heterocycles. The Labute approximate surface area is 73.3 Å². The smallest absolute Gasteiger partial charge is 0.169 e. The number of carbonyl (C=O) groups excluding carboxylic acids is 1. The van der Waals surface area contributed by atoms with Gasteiger partial charge in [0.05, 0.1) is 6.61 Å². The molecule has 2 heteroatoms. The lowest BCUT2D eigenvalue weighted by molar-refractivity contribution is -0.130. The van der Waals surface area contributed by atoms with Gasteiger partial charge in [-0.15, -0.1) is 0 Å². The van der Waals surface area contributed by atoms with E-state index in [1.165, 1.54) is 12.8 Å². The third-order valence-corrected chi connectivity index (χ3v) is 2.92. The number of Topliss-reactive ketones (excluding diaryl/α,β-unsaturated/α-hetero) is 1. The Kier molecular flexibility index (Phi) is 1.76. The number of hydrogen-bond acceptors (Lipinski definition) is 2. The van der Waals surface area contributed by atoms with Gasteiger partial charge >= 0.3 is 0 Å². The van der Waals surface area contributed by atoms with Crippen molar-refractivity contribution in [3.63, 3.8) is 0 Å². The number of carbonyl (C=O) groups is 1. The van der Waals surface area contributed by atoms with Crippen molar-refractivity contribution in [1.29, 1.82) is 0 Å². The van der Waals surface area contributed by atoms with Crippen LogP contribution in [0.1, 0.15) is 33.1 Å². The molecule has 68 valence electrons. The summed E-state index contributed by atoms with van der Waals surface area (Å²) >= 11 is 0. The van der Waals surface area contributed by atoms with Crippen LogP contribution in [0, 0.1) is 11.8 Å². The second kappa shape index (κ2) is 2.56. The molecular formula is C10H16O2. The molecule has 0 aromatic heterocycles. The predicted octanol–water partition coefficient (Wildman–Crippen LogP) is 1.78. The summed E-state index contributed by atoms with van der Waals surface area (Å²) in [6.07, 6.45) is 3.72. The third kappa shape index (κ3) is 1.40. The minimum atomic E-state index is -0.500. The largest absolute Gasteiger partial charge is 0.367 e. The summed E-state index contributed by atoms with van der Waals surface area (Å²) in [6, 6.07) is 0. The minimum Gasteiger partial charge on any atom is -0.367 e. The van der Waals surface area contributed by atoms with E-state index in [2.05, 4.69) is 0 Å². The predicted molar refractivity (Wildman–Crippen MR) is 45.9 cm³/mol. The van der Waals surface area contributed by atoms with Crippen molar-refractivity contribution in [1.82, 2.24) is 0 Å². The minimum absolute atomic E-state index is 0.201. The zero-order valence-electron chi connectivity index (χ0n) is 7.80. The maximum Gasteiger partial charge on any atom is 0.169 e. The quantitative estimate of drug-likeness (QED) is 0.628. The molecule has 2 aliphatic rings. The van der Waals surface area contributed by atoms with Crippen molar-refractivity contribution in [3.05, 3.63) is 0 Å². The average molecular weight is 168 g/mol. The molecule has 0 spiro atoms. The highest BCUT2D eigenvalue weighted by Crippen LogP contribution is 2.39. The molecule has 2 fully saturated rings. The van der Waals surface area contributed by atoms with Gasteiger partial charge in [-0.25, -0.2) is 0 Å². The van der Waals surface area contributed by atoms with Gasteiger partial charge in [0, 0.05) is 5.92 Å². The fourth-order valence-corrected chi connectivity index (χ4v) is 1.88. The summed E-state index contributed by atoms with van der Waals surface area (Å²) in [5, 5.41) is 0. The standard InChI is InChI=1S/C10H16O2/c1-10(2)9(11)8(6-12-10)5-7-3-4-7/h7-8H,3-6H2,1-2H3. The molecule has 0 amide bonds. The van der Waals surface area contributed by atoms with Gasteiger partial charge in [0.25, 0.3) is 0 Å². The van der Waals surface area contributed by atoms with Crippen LogP contribution in [0.2, 0.25) is 0 Å². The first-order chi connectivity index (χ1) is 5.59. The van der Waals surface area contributed by atoms with Crippen molar-refractivity contribution in [3.8, 4) is 0 Å². The van der Waals surface area contributed by atoms with Gasteiger partial charge in [-0.2, -0.15) is 0 Å². The zero-order chi connectivity index (χ0) is 8.77. The Bertz CT molecular complexity index is 204. The van der Waals surface area contributed by atoms with Crippen molar-refractivity contribution < 1.29 is 9.53 Å². The van der Waals surface area contributed by atoms with E-state index in [0.29, 0.717) is 12.4 Å². The molecule has 1 saturated heterocycles. The van der Waals surface area contributed by atoms with Crippen molar-refractivity contribution >= 4 is 5.78 Å². The molecule has 0 aromatic rings. The van der Waals surface area contributed by atoms with Gasteiger partial charge in [-0.1, -0.05) is 12.8 Å². The van der Waals surface area contributed by atoms with E-state index >= 15 is 0 Å². The summed E-state index contributed by atoms with van der Waals surface area (Å²) in [5.41, 5.74) is -0.500. The lowest BCUT2D eigenvalue weighted by Gasteiger charge is -2.14. The van der Waals surface area contributed by atoms with E-state index in [1.54, 1.807) is 0 Å². The number of hydrogen-bond donors (Lipinski definition) is 0. The maximum absolute atomic E-state index is 11.7. The first-order valence-electron chi connectivity index (χ1n) is 4.78. The molecule has 2 rings (SSSR count). The van der Waals surface area contributed by atoms with Crippen LogP contribution in [0.3, 0.4) is 0 Å². The molecule has 12 heavy (non-hydrogen) atoms. The molecule has 1 atom stereocenters. The summed E-state index contributed by atoms with van der Waals surface area (Å²) in [7, 11) is 0. The lowest BCUT2D eigenvalue weighted by atomic mass is 9.92. The van der Waals surface area contributed by atoms with Crippen molar-refractivity contribution in [2.24, 2.45) is 11.8 Å². The average Bonchev–Trinajstić information content (AvgIpc) is 2.75. The summed E-state index contributed by atoms with van der Waals surface area (Å²) in [6.45, 7) is 4.41. The monoisotopic (exact) mass is 168 g/mol. The molecule has 0 aromatic carbocycles. The highest BCUT2D eigenvalue weighted by Gasteiger charge is 2.43. The zero-order valence-corrected chi connectivity index (χ0v) is 7.80. The van der Waals surface area contributed by atoms with Gasteiger partial charge < -0.3 is 4.74 Å². The Morgan fingerprint density at radius 2 is 2.17 bits per heavy atom. The van der Waals surface area contributed by atoms with Crippen LogP contribution in [0.25, 0.3) is 0 Å².